The number of hydrogen-bond acceptors (Lipinski definition) is 6. The van der Waals surface area contributed by atoms with E-state index < -0.39 is 0 Å². The topological polar surface area (TPSA) is 51.2 Å². The fraction of sp³-hybridized carbons (Fsp3) is 0.667. The van der Waals surface area contributed by atoms with Gasteiger partial charge < -0.3 is 10.1 Å². The molecule has 0 bridgehead atoms. The van der Waals surface area contributed by atoms with Gasteiger partial charge in [0.2, 0.25) is 0 Å². The van der Waals surface area contributed by atoms with Crippen molar-refractivity contribution in [2.45, 2.75) is 37.0 Å². The second kappa shape index (κ2) is 6.43. The smallest absolute Gasteiger partial charge is 0.311 e. The Morgan fingerprint density at radius 1 is 1.67 bits per heavy atom. The molecule has 1 aromatic rings. The van der Waals surface area contributed by atoms with E-state index in [0.717, 1.165) is 10.8 Å². The lowest BCUT2D eigenvalue weighted by atomic mass is 10.2. The number of hydrogen-bond donors (Lipinski definition) is 1. The van der Waals surface area contributed by atoms with E-state index in [9.17, 15) is 4.79 Å². The van der Waals surface area contributed by atoms with Crippen LogP contribution in [0.15, 0.2) is 5.38 Å². The van der Waals surface area contributed by atoms with Crippen LogP contribution in [0, 0.1) is 0 Å². The molecular weight excluding hydrogens is 268 g/mol. The number of carbonyl (C=O) groups is 1. The number of methoxy groups -OCH3 is 1. The second-order valence-corrected chi connectivity index (χ2v) is 6.29. The molecule has 0 aliphatic heterocycles. The van der Waals surface area contributed by atoms with Crippen molar-refractivity contribution >= 4 is 34.2 Å². The Kier molecular flexibility index (Phi) is 4.88. The molecule has 2 atom stereocenters. The van der Waals surface area contributed by atoms with Crippen LogP contribution < -0.4 is 5.32 Å². The summed E-state index contributed by atoms with van der Waals surface area (Å²) in [5.41, 5.74) is 0.785. The number of nitrogens with one attached hydrogen (secondary N) is 1. The van der Waals surface area contributed by atoms with E-state index in [1.54, 1.807) is 11.3 Å². The molecule has 0 aromatic carbocycles. The van der Waals surface area contributed by atoms with Gasteiger partial charge in [0.05, 0.1) is 19.2 Å². The molecule has 1 fully saturated rings. The Morgan fingerprint density at radius 2 is 2.50 bits per heavy atom. The van der Waals surface area contributed by atoms with Gasteiger partial charge in [-0.25, -0.2) is 4.98 Å². The lowest BCUT2D eigenvalue weighted by molar-refractivity contribution is -0.139. The predicted molar refractivity (Wildman–Crippen MR) is 76.4 cm³/mol. The molecule has 2 rings (SSSR count). The first-order valence-electron chi connectivity index (χ1n) is 6.03. The Balaban J connectivity index is 1.92. The number of rotatable bonds is 5. The van der Waals surface area contributed by atoms with Crippen molar-refractivity contribution in [1.29, 1.82) is 0 Å². The van der Waals surface area contributed by atoms with Crippen LogP contribution in [0.3, 0.4) is 0 Å². The van der Waals surface area contributed by atoms with Crippen LogP contribution in [0.2, 0.25) is 0 Å². The van der Waals surface area contributed by atoms with Gasteiger partial charge in [-0.15, -0.1) is 11.3 Å². The molecule has 1 aliphatic carbocycles. The first kappa shape index (κ1) is 13.7. The molecule has 1 heterocycles. The van der Waals surface area contributed by atoms with Crippen molar-refractivity contribution in [2.24, 2.45) is 0 Å². The fourth-order valence-electron chi connectivity index (χ4n) is 2.21. The van der Waals surface area contributed by atoms with E-state index >= 15 is 0 Å². The van der Waals surface area contributed by atoms with Crippen molar-refractivity contribution in [1.82, 2.24) is 4.98 Å². The normalized spacial score (nSPS) is 23.0. The van der Waals surface area contributed by atoms with Crippen molar-refractivity contribution in [3.63, 3.8) is 0 Å². The van der Waals surface area contributed by atoms with Gasteiger partial charge in [0.25, 0.3) is 0 Å². The van der Waals surface area contributed by atoms with Gasteiger partial charge in [-0.2, -0.15) is 11.8 Å². The molecule has 1 saturated carbocycles. The van der Waals surface area contributed by atoms with Crippen molar-refractivity contribution < 1.29 is 9.53 Å². The number of thioether (sulfide) groups is 1. The molecule has 0 radical (unpaired) electrons. The van der Waals surface area contributed by atoms with E-state index in [0.29, 0.717) is 11.3 Å². The van der Waals surface area contributed by atoms with E-state index in [2.05, 4.69) is 21.3 Å². The Morgan fingerprint density at radius 3 is 3.22 bits per heavy atom. The minimum Gasteiger partial charge on any atom is -0.469 e. The van der Waals surface area contributed by atoms with Crippen LogP contribution in [0.1, 0.15) is 25.0 Å². The summed E-state index contributed by atoms with van der Waals surface area (Å²) in [6.45, 7) is 0. The van der Waals surface area contributed by atoms with Crippen LogP contribution in [0.4, 0.5) is 5.13 Å². The van der Waals surface area contributed by atoms with Crippen LogP contribution in [0.25, 0.3) is 0 Å². The number of ether oxygens (including phenoxy) is 1. The molecule has 1 N–H and O–H groups in total. The third kappa shape index (κ3) is 3.38. The number of esters is 1. The summed E-state index contributed by atoms with van der Waals surface area (Å²) in [5, 5.41) is 7.00. The number of anilines is 1. The summed E-state index contributed by atoms with van der Waals surface area (Å²) in [6.07, 6.45) is 6.18. The quantitative estimate of drug-likeness (QED) is 0.843. The zero-order valence-corrected chi connectivity index (χ0v) is 12.3. The second-order valence-electron chi connectivity index (χ2n) is 4.35. The highest BCUT2D eigenvalue weighted by Crippen LogP contribution is 2.31. The summed E-state index contributed by atoms with van der Waals surface area (Å²) >= 11 is 3.48. The van der Waals surface area contributed by atoms with Crippen LogP contribution in [-0.2, 0) is 16.0 Å². The average Bonchev–Trinajstić information content (AvgIpc) is 2.99. The summed E-state index contributed by atoms with van der Waals surface area (Å²) in [5.74, 6) is -0.241. The molecule has 6 heteroatoms. The van der Waals surface area contributed by atoms with Crippen LogP contribution in [-0.4, -0.2) is 35.6 Å². The molecule has 100 valence electrons. The predicted octanol–water partition coefficient (Wildman–Crippen LogP) is 2.55. The molecule has 4 nitrogen and oxygen atoms in total. The third-order valence-electron chi connectivity index (χ3n) is 3.17. The average molecular weight is 286 g/mol. The van der Waals surface area contributed by atoms with Gasteiger partial charge in [0, 0.05) is 16.7 Å². The maximum atomic E-state index is 11.2. The summed E-state index contributed by atoms with van der Waals surface area (Å²) < 4.78 is 4.63. The molecular formula is C12H18N2O2S2. The molecule has 0 amide bonds. The number of carbonyl (C=O) groups excluding carboxylic acids is 1. The zero-order chi connectivity index (χ0) is 13.0. The van der Waals surface area contributed by atoms with Gasteiger partial charge in [0.1, 0.15) is 0 Å². The first-order valence-corrected chi connectivity index (χ1v) is 8.20. The SMILES string of the molecule is COC(=O)Cc1csc(NC2CCCC2SC)n1. The van der Waals surface area contributed by atoms with Gasteiger partial charge in [-0.1, -0.05) is 6.42 Å². The highest BCUT2D eigenvalue weighted by Gasteiger charge is 2.26. The van der Waals surface area contributed by atoms with Crippen LogP contribution in [0.5, 0.6) is 0 Å². The summed E-state index contributed by atoms with van der Waals surface area (Å²) in [4.78, 5) is 15.6. The van der Waals surface area contributed by atoms with Gasteiger partial charge in [-0.05, 0) is 19.1 Å². The van der Waals surface area contributed by atoms with Crippen molar-refractivity contribution in [2.75, 3.05) is 18.7 Å². The lowest BCUT2D eigenvalue weighted by Crippen LogP contribution is -2.25. The molecule has 2 unspecified atom stereocenters. The minimum absolute atomic E-state index is 0.241. The van der Waals surface area contributed by atoms with Crippen molar-refractivity contribution in [3.05, 3.63) is 11.1 Å². The maximum absolute atomic E-state index is 11.2. The zero-order valence-electron chi connectivity index (χ0n) is 10.6. The maximum Gasteiger partial charge on any atom is 0.311 e. The van der Waals surface area contributed by atoms with Gasteiger partial charge in [-0.3, -0.25) is 4.79 Å². The molecule has 1 aromatic heterocycles. The first-order chi connectivity index (χ1) is 8.72. The largest absolute Gasteiger partial charge is 0.469 e. The Hall–Kier alpha value is -0.750. The number of thiazole rings is 1. The minimum atomic E-state index is -0.241. The Labute approximate surface area is 116 Å². The molecule has 0 spiro atoms. The highest BCUT2D eigenvalue weighted by atomic mass is 32.2. The van der Waals surface area contributed by atoms with E-state index in [-0.39, 0.29) is 12.4 Å². The van der Waals surface area contributed by atoms with Crippen LogP contribution >= 0.6 is 23.1 Å². The van der Waals surface area contributed by atoms with Gasteiger partial charge >= 0.3 is 5.97 Å². The van der Waals surface area contributed by atoms with E-state index in [4.69, 9.17) is 0 Å². The standard InChI is InChI=1S/C12H18N2O2S2/c1-16-11(15)6-8-7-18-12(13-8)14-9-4-3-5-10(9)17-2/h7,9-10H,3-6H2,1-2H3,(H,13,14). The molecule has 18 heavy (non-hydrogen) atoms. The molecule has 0 saturated heterocycles. The van der Waals surface area contributed by atoms with Gasteiger partial charge in [0.15, 0.2) is 5.13 Å². The number of aromatic nitrogens is 1. The summed E-state index contributed by atoms with van der Waals surface area (Å²) in [7, 11) is 1.40. The summed E-state index contributed by atoms with van der Waals surface area (Å²) in [6, 6.07) is 0.511. The Bertz CT molecular complexity index is 409. The third-order valence-corrected chi connectivity index (χ3v) is 5.16. The number of nitrogens with zero attached hydrogens (tertiary/aromatic N) is 1. The fourth-order valence-corrected chi connectivity index (χ4v) is 3.91. The van der Waals surface area contributed by atoms with E-state index in [1.165, 1.54) is 26.4 Å². The van der Waals surface area contributed by atoms with E-state index in [1.807, 2.05) is 17.1 Å². The molecule has 1 aliphatic rings. The highest BCUT2D eigenvalue weighted by molar-refractivity contribution is 7.99. The van der Waals surface area contributed by atoms with Crippen molar-refractivity contribution in [3.8, 4) is 0 Å². The monoisotopic (exact) mass is 286 g/mol. The lowest BCUT2D eigenvalue weighted by Gasteiger charge is -2.18.